The van der Waals surface area contributed by atoms with Gasteiger partial charge in [0.05, 0.1) is 6.10 Å². The maximum absolute atomic E-state index is 5.90. The van der Waals surface area contributed by atoms with Crippen molar-refractivity contribution in [3.05, 3.63) is 47.8 Å². The number of aromatic nitrogens is 2. The number of aryl methyl sites for hydroxylation is 1. The summed E-state index contributed by atoms with van der Waals surface area (Å²) in [5.74, 6) is 2.80. The number of rotatable bonds is 11. The van der Waals surface area contributed by atoms with Gasteiger partial charge in [-0.1, -0.05) is 39.8 Å². The number of nitrogens with zero attached hydrogens (tertiary/aromatic N) is 2. The lowest BCUT2D eigenvalue weighted by Gasteiger charge is -2.18. The van der Waals surface area contributed by atoms with Crippen molar-refractivity contribution in [3.8, 4) is 5.88 Å². The molecule has 0 fully saturated rings. The molecular formula is C23H35N3O. The third-order valence-electron chi connectivity index (χ3n) is 5.14. The largest absolute Gasteiger partial charge is 0.474 e. The van der Waals surface area contributed by atoms with Crippen LogP contribution in [0.25, 0.3) is 0 Å². The van der Waals surface area contributed by atoms with Crippen LogP contribution in [0.3, 0.4) is 0 Å². The van der Waals surface area contributed by atoms with E-state index in [-0.39, 0.29) is 6.10 Å². The summed E-state index contributed by atoms with van der Waals surface area (Å²) in [6.45, 7) is 11.8. The summed E-state index contributed by atoms with van der Waals surface area (Å²) >= 11 is 0. The third kappa shape index (κ3) is 7.20. The highest BCUT2D eigenvalue weighted by molar-refractivity contribution is 5.34. The lowest BCUT2D eigenvalue weighted by Crippen LogP contribution is -2.14. The van der Waals surface area contributed by atoms with Gasteiger partial charge in [0.2, 0.25) is 5.88 Å². The van der Waals surface area contributed by atoms with Gasteiger partial charge in [0, 0.05) is 24.5 Å². The van der Waals surface area contributed by atoms with E-state index >= 15 is 0 Å². The van der Waals surface area contributed by atoms with Gasteiger partial charge in [0.1, 0.15) is 5.82 Å². The molecule has 1 N–H and O–H groups in total. The molecule has 2 aromatic heterocycles. The molecule has 148 valence electrons. The van der Waals surface area contributed by atoms with E-state index in [9.17, 15) is 0 Å². The summed E-state index contributed by atoms with van der Waals surface area (Å²) in [7, 11) is 0. The van der Waals surface area contributed by atoms with Crippen molar-refractivity contribution in [2.45, 2.75) is 72.3 Å². The average Bonchev–Trinajstić information content (AvgIpc) is 2.69. The summed E-state index contributed by atoms with van der Waals surface area (Å²) in [6.07, 6.45) is 6.59. The number of pyridine rings is 2. The number of ether oxygens (including phenoxy) is 1. The molecule has 0 aliphatic rings. The van der Waals surface area contributed by atoms with Crippen molar-refractivity contribution in [1.29, 1.82) is 0 Å². The smallest absolute Gasteiger partial charge is 0.213 e. The normalized spacial score (nSPS) is 13.4. The molecule has 0 aliphatic heterocycles. The Kier molecular flexibility index (Phi) is 8.56. The molecule has 0 aromatic carbocycles. The summed E-state index contributed by atoms with van der Waals surface area (Å²) in [6, 6.07) is 10.3. The Morgan fingerprint density at radius 2 is 1.81 bits per heavy atom. The first-order valence-corrected chi connectivity index (χ1v) is 10.3. The van der Waals surface area contributed by atoms with Crippen molar-refractivity contribution in [2.24, 2.45) is 5.92 Å². The minimum Gasteiger partial charge on any atom is -0.474 e. The van der Waals surface area contributed by atoms with Crippen LogP contribution in [0.4, 0.5) is 5.82 Å². The van der Waals surface area contributed by atoms with Gasteiger partial charge in [0.15, 0.2) is 0 Å². The third-order valence-corrected chi connectivity index (χ3v) is 5.14. The van der Waals surface area contributed by atoms with Crippen molar-refractivity contribution < 1.29 is 4.74 Å². The van der Waals surface area contributed by atoms with E-state index in [1.54, 1.807) is 0 Å². The van der Waals surface area contributed by atoms with Crippen LogP contribution in [0.5, 0.6) is 5.88 Å². The Bertz CT molecular complexity index is 668. The van der Waals surface area contributed by atoms with Crippen LogP contribution in [-0.2, 0) is 0 Å². The van der Waals surface area contributed by atoms with Crippen LogP contribution in [0.2, 0.25) is 0 Å². The molecule has 2 atom stereocenters. The maximum Gasteiger partial charge on any atom is 0.213 e. The standard InChI is InChI=1S/C23H35N3O/c1-6-21(7-2)27-23-14-13-20(16-25-23)18(4)12-11-17(3)15-24-22-10-8-9-19(5)26-22/h8-10,13-14,16-18,21H,6-7,11-12,15H2,1-5H3,(H,24,26). The molecular weight excluding hydrogens is 334 g/mol. The Hall–Kier alpha value is -2.10. The highest BCUT2D eigenvalue weighted by atomic mass is 16.5. The molecule has 0 radical (unpaired) electrons. The zero-order chi connectivity index (χ0) is 19.6. The van der Waals surface area contributed by atoms with E-state index in [4.69, 9.17) is 4.74 Å². The van der Waals surface area contributed by atoms with Gasteiger partial charge >= 0.3 is 0 Å². The van der Waals surface area contributed by atoms with Crippen LogP contribution in [0.1, 0.15) is 70.6 Å². The first kappa shape index (κ1) is 21.2. The molecule has 4 heteroatoms. The summed E-state index contributed by atoms with van der Waals surface area (Å²) in [5.41, 5.74) is 2.33. The fourth-order valence-corrected chi connectivity index (χ4v) is 3.10. The van der Waals surface area contributed by atoms with E-state index in [1.807, 2.05) is 37.4 Å². The lowest BCUT2D eigenvalue weighted by molar-refractivity contribution is 0.185. The van der Waals surface area contributed by atoms with Crippen LogP contribution in [-0.4, -0.2) is 22.6 Å². The van der Waals surface area contributed by atoms with Gasteiger partial charge < -0.3 is 10.1 Å². The summed E-state index contributed by atoms with van der Waals surface area (Å²) < 4.78 is 5.90. The Morgan fingerprint density at radius 1 is 1.04 bits per heavy atom. The van der Waals surface area contributed by atoms with E-state index in [1.165, 1.54) is 12.0 Å². The highest BCUT2D eigenvalue weighted by Gasteiger charge is 2.11. The minimum absolute atomic E-state index is 0.261. The zero-order valence-corrected chi connectivity index (χ0v) is 17.5. The van der Waals surface area contributed by atoms with E-state index < -0.39 is 0 Å². The second-order valence-electron chi connectivity index (χ2n) is 7.61. The van der Waals surface area contributed by atoms with Crippen LogP contribution >= 0.6 is 0 Å². The van der Waals surface area contributed by atoms with Gasteiger partial charge in [-0.05, 0) is 62.1 Å². The zero-order valence-electron chi connectivity index (χ0n) is 17.5. The molecule has 4 nitrogen and oxygen atoms in total. The first-order chi connectivity index (χ1) is 13.0. The van der Waals surface area contributed by atoms with Gasteiger partial charge in [-0.15, -0.1) is 0 Å². The van der Waals surface area contributed by atoms with Crippen LogP contribution < -0.4 is 10.1 Å². The molecule has 2 aromatic rings. The van der Waals surface area contributed by atoms with Crippen LogP contribution in [0, 0.1) is 12.8 Å². The number of hydrogen-bond acceptors (Lipinski definition) is 4. The fourth-order valence-electron chi connectivity index (χ4n) is 3.10. The van der Waals surface area contributed by atoms with Gasteiger partial charge in [-0.2, -0.15) is 0 Å². The molecule has 0 saturated heterocycles. The first-order valence-electron chi connectivity index (χ1n) is 10.3. The molecule has 0 aliphatic carbocycles. The number of anilines is 1. The van der Waals surface area contributed by atoms with E-state index in [0.717, 1.165) is 43.2 Å². The molecule has 2 rings (SSSR count). The predicted octanol–water partition coefficient (Wildman–Crippen LogP) is 5.98. The number of hydrogen-bond donors (Lipinski definition) is 1. The van der Waals surface area contributed by atoms with E-state index in [2.05, 4.69) is 49.0 Å². The molecule has 0 amide bonds. The molecule has 2 unspecified atom stereocenters. The van der Waals surface area contributed by atoms with Crippen molar-refractivity contribution in [3.63, 3.8) is 0 Å². The highest BCUT2D eigenvalue weighted by Crippen LogP contribution is 2.24. The second-order valence-corrected chi connectivity index (χ2v) is 7.61. The quantitative estimate of drug-likeness (QED) is 0.529. The molecule has 0 saturated carbocycles. The lowest BCUT2D eigenvalue weighted by atomic mass is 9.93. The summed E-state index contributed by atoms with van der Waals surface area (Å²) in [5, 5.41) is 3.45. The predicted molar refractivity (Wildman–Crippen MR) is 114 cm³/mol. The molecule has 27 heavy (non-hydrogen) atoms. The van der Waals surface area contributed by atoms with Crippen LogP contribution in [0.15, 0.2) is 36.5 Å². The summed E-state index contributed by atoms with van der Waals surface area (Å²) in [4.78, 5) is 9.00. The second kappa shape index (κ2) is 10.9. The fraction of sp³-hybridized carbons (Fsp3) is 0.565. The minimum atomic E-state index is 0.261. The van der Waals surface area contributed by atoms with Gasteiger partial charge in [-0.25, -0.2) is 9.97 Å². The molecule has 2 heterocycles. The van der Waals surface area contributed by atoms with Gasteiger partial charge in [0.25, 0.3) is 0 Å². The van der Waals surface area contributed by atoms with Gasteiger partial charge in [-0.3, -0.25) is 0 Å². The Balaban J connectivity index is 1.76. The monoisotopic (exact) mass is 369 g/mol. The topological polar surface area (TPSA) is 47.0 Å². The SMILES string of the molecule is CCC(CC)Oc1ccc(C(C)CCC(C)CNc2cccc(C)n2)cn1. The average molecular weight is 370 g/mol. The van der Waals surface area contributed by atoms with Crippen molar-refractivity contribution in [2.75, 3.05) is 11.9 Å². The van der Waals surface area contributed by atoms with Crippen molar-refractivity contribution in [1.82, 2.24) is 9.97 Å². The molecule has 0 spiro atoms. The Morgan fingerprint density at radius 3 is 2.44 bits per heavy atom. The Labute approximate surface area is 164 Å². The van der Waals surface area contributed by atoms with Crippen molar-refractivity contribution >= 4 is 5.82 Å². The number of nitrogens with one attached hydrogen (secondary N) is 1. The maximum atomic E-state index is 5.90. The molecule has 0 bridgehead atoms. The van der Waals surface area contributed by atoms with E-state index in [0.29, 0.717) is 11.8 Å².